The maximum Gasteiger partial charge on any atom is 0.318 e. The van der Waals surface area contributed by atoms with Crippen LogP contribution < -0.4 is 0 Å². The number of rotatable bonds is 6. The molecule has 19 heavy (non-hydrogen) atoms. The van der Waals surface area contributed by atoms with Crippen LogP contribution >= 0.6 is 15.9 Å². The SMILES string of the molecule is C=CCN(CC(=O)O)S(=O)(=O)c1cccc(Br)c1C. The minimum Gasteiger partial charge on any atom is -0.480 e. The smallest absolute Gasteiger partial charge is 0.318 e. The predicted octanol–water partition coefficient (Wildman–Crippen LogP) is 2.02. The fraction of sp³-hybridized carbons (Fsp3) is 0.250. The third-order valence-electron chi connectivity index (χ3n) is 2.48. The first kappa shape index (κ1) is 15.9. The zero-order valence-corrected chi connectivity index (χ0v) is 12.7. The lowest BCUT2D eigenvalue weighted by Gasteiger charge is -2.20. The predicted molar refractivity (Wildman–Crippen MR) is 75.5 cm³/mol. The summed E-state index contributed by atoms with van der Waals surface area (Å²) in [5, 5.41) is 8.79. The van der Waals surface area contributed by atoms with E-state index in [1.165, 1.54) is 12.1 Å². The van der Waals surface area contributed by atoms with Crippen LogP contribution in [0.15, 0.2) is 40.2 Å². The van der Waals surface area contributed by atoms with Gasteiger partial charge in [0.1, 0.15) is 6.54 Å². The third-order valence-corrected chi connectivity index (χ3v) is 5.30. The van der Waals surface area contributed by atoms with E-state index in [0.29, 0.717) is 10.0 Å². The Balaban J connectivity index is 3.30. The molecule has 0 saturated heterocycles. The standard InChI is InChI=1S/C12H14BrNO4S/c1-3-7-14(8-12(15)16)19(17,18)11-6-4-5-10(13)9(11)2/h3-6H,1,7-8H2,2H3,(H,15,16). The van der Waals surface area contributed by atoms with Gasteiger partial charge in [-0.2, -0.15) is 4.31 Å². The van der Waals surface area contributed by atoms with Crippen LogP contribution in [-0.2, 0) is 14.8 Å². The monoisotopic (exact) mass is 347 g/mol. The maximum absolute atomic E-state index is 12.4. The molecule has 0 bridgehead atoms. The van der Waals surface area contributed by atoms with Crippen LogP contribution in [0.4, 0.5) is 0 Å². The maximum atomic E-state index is 12.4. The molecule has 0 unspecified atom stereocenters. The second-order valence-corrected chi connectivity index (χ2v) is 6.60. The quantitative estimate of drug-likeness (QED) is 0.798. The van der Waals surface area contributed by atoms with Crippen molar-refractivity contribution in [2.24, 2.45) is 0 Å². The number of benzene rings is 1. The Morgan fingerprint density at radius 3 is 2.68 bits per heavy atom. The molecule has 0 atom stereocenters. The van der Waals surface area contributed by atoms with Crippen molar-refractivity contribution < 1.29 is 18.3 Å². The summed E-state index contributed by atoms with van der Waals surface area (Å²) in [6.07, 6.45) is 1.35. The fourth-order valence-corrected chi connectivity index (χ4v) is 3.65. The Morgan fingerprint density at radius 2 is 2.16 bits per heavy atom. The molecule has 104 valence electrons. The van der Waals surface area contributed by atoms with Crippen molar-refractivity contribution in [3.63, 3.8) is 0 Å². The van der Waals surface area contributed by atoms with E-state index in [1.807, 2.05) is 0 Å². The Morgan fingerprint density at radius 1 is 1.53 bits per heavy atom. The van der Waals surface area contributed by atoms with Gasteiger partial charge in [0, 0.05) is 11.0 Å². The largest absolute Gasteiger partial charge is 0.480 e. The highest BCUT2D eigenvalue weighted by Gasteiger charge is 2.27. The highest BCUT2D eigenvalue weighted by molar-refractivity contribution is 9.10. The van der Waals surface area contributed by atoms with E-state index in [0.717, 1.165) is 4.31 Å². The molecule has 1 N–H and O–H groups in total. The van der Waals surface area contributed by atoms with Gasteiger partial charge < -0.3 is 5.11 Å². The van der Waals surface area contributed by atoms with Crippen molar-refractivity contribution in [1.29, 1.82) is 0 Å². The molecule has 1 aromatic rings. The average Bonchev–Trinajstić information content (AvgIpc) is 2.31. The van der Waals surface area contributed by atoms with E-state index >= 15 is 0 Å². The zero-order valence-electron chi connectivity index (χ0n) is 10.3. The van der Waals surface area contributed by atoms with Gasteiger partial charge in [0.05, 0.1) is 4.90 Å². The Bertz CT molecular complexity index is 598. The van der Waals surface area contributed by atoms with Crippen LogP contribution in [0.5, 0.6) is 0 Å². The lowest BCUT2D eigenvalue weighted by molar-refractivity contribution is -0.137. The molecule has 0 radical (unpaired) electrons. The molecule has 0 aliphatic carbocycles. The van der Waals surface area contributed by atoms with E-state index in [1.54, 1.807) is 19.1 Å². The van der Waals surface area contributed by atoms with Gasteiger partial charge in [0.15, 0.2) is 0 Å². The molecule has 1 rings (SSSR count). The molecule has 0 spiro atoms. The van der Waals surface area contributed by atoms with Gasteiger partial charge in [-0.25, -0.2) is 8.42 Å². The van der Waals surface area contributed by atoms with Crippen LogP contribution in [0.2, 0.25) is 0 Å². The van der Waals surface area contributed by atoms with E-state index < -0.39 is 22.5 Å². The number of halogens is 1. The van der Waals surface area contributed by atoms with Crippen LogP contribution in [0.1, 0.15) is 5.56 Å². The number of aliphatic carboxylic acids is 1. The minimum atomic E-state index is -3.86. The summed E-state index contributed by atoms with van der Waals surface area (Å²) < 4.78 is 26.4. The summed E-state index contributed by atoms with van der Waals surface area (Å²) in [4.78, 5) is 10.9. The number of carboxylic acid groups (broad SMARTS) is 1. The summed E-state index contributed by atoms with van der Waals surface area (Å²) in [5.41, 5.74) is 0.543. The molecule has 0 heterocycles. The second kappa shape index (κ2) is 6.31. The minimum absolute atomic E-state index is 0.0550. The fourth-order valence-electron chi connectivity index (χ4n) is 1.55. The van der Waals surface area contributed by atoms with Gasteiger partial charge in [-0.3, -0.25) is 4.79 Å². The van der Waals surface area contributed by atoms with E-state index in [-0.39, 0.29) is 11.4 Å². The van der Waals surface area contributed by atoms with Gasteiger partial charge in [-0.05, 0) is 24.6 Å². The number of sulfonamides is 1. The van der Waals surface area contributed by atoms with Gasteiger partial charge in [0.25, 0.3) is 0 Å². The van der Waals surface area contributed by atoms with Crippen LogP contribution in [-0.4, -0.2) is 36.9 Å². The van der Waals surface area contributed by atoms with E-state index in [2.05, 4.69) is 22.5 Å². The van der Waals surface area contributed by atoms with Gasteiger partial charge >= 0.3 is 5.97 Å². The summed E-state index contributed by atoms with van der Waals surface area (Å²) in [6, 6.07) is 4.77. The molecule has 0 saturated carbocycles. The Labute approximate surface area is 120 Å². The van der Waals surface area contributed by atoms with Crippen LogP contribution in [0.3, 0.4) is 0 Å². The van der Waals surface area contributed by atoms with Gasteiger partial charge in [-0.15, -0.1) is 6.58 Å². The molecule has 0 amide bonds. The Hall–Kier alpha value is -1.18. The zero-order chi connectivity index (χ0) is 14.6. The molecule has 7 heteroatoms. The van der Waals surface area contributed by atoms with Crippen LogP contribution in [0, 0.1) is 6.92 Å². The van der Waals surface area contributed by atoms with Crippen molar-refractivity contribution >= 4 is 31.9 Å². The number of nitrogens with zero attached hydrogens (tertiary/aromatic N) is 1. The molecule has 5 nitrogen and oxygen atoms in total. The van der Waals surface area contributed by atoms with Crippen molar-refractivity contribution in [2.75, 3.05) is 13.1 Å². The third kappa shape index (κ3) is 3.65. The molecular formula is C12H14BrNO4S. The topological polar surface area (TPSA) is 74.7 Å². The van der Waals surface area contributed by atoms with Crippen molar-refractivity contribution in [3.8, 4) is 0 Å². The van der Waals surface area contributed by atoms with Crippen molar-refractivity contribution in [2.45, 2.75) is 11.8 Å². The lowest BCUT2D eigenvalue weighted by atomic mass is 10.2. The highest BCUT2D eigenvalue weighted by Crippen LogP contribution is 2.25. The van der Waals surface area contributed by atoms with E-state index in [4.69, 9.17) is 5.11 Å². The summed E-state index contributed by atoms with van der Waals surface area (Å²) >= 11 is 3.26. The van der Waals surface area contributed by atoms with Crippen molar-refractivity contribution in [1.82, 2.24) is 4.31 Å². The first-order valence-corrected chi connectivity index (χ1v) is 7.62. The first-order chi connectivity index (χ1) is 8.80. The molecule has 0 aliphatic rings. The van der Waals surface area contributed by atoms with Gasteiger partial charge in [-0.1, -0.05) is 28.1 Å². The van der Waals surface area contributed by atoms with E-state index in [9.17, 15) is 13.2 Å². The highest BCUT2D eigenvalue weighted by atomic mass is 79.9. The summed E-state index contributed by atoms with van der Waals surface area (Å²) in [5.74, 6) is -1.21. The van der Waals surface area contributed by atoms with Crippen LogP contribution in [0.25, 0.3) is 0 Å². The van der Waals surface area contributed by atoms with Gasteiger partial charge in [0.2, 0.25) is 10.0 Å². The van der Waals surface area contributed by atoms with Crippen molar-refractivity contribution in [3.05, 3.63) is 40.9 Å². The second-order valence-electron chi connectivity index (χ2n) is 3.84. The number of carboxylic acids is 1. The molecule has 1 aromatic carbocycles. The molecular weight excluding hydrogens is 334 g/mol. The molecule has 0 aliphatic heterocycles. The number of carbonyl (C=O) groups is 1. The Kier molecular flexibility index (Phi) is 5.28. The number of hydrogen-bond acceptors (Lipinski definition) is 3. The molecule has 0 fully saturated rings. The normalized spacial score (nSPS) is 11.5. The average molecular weight is 348 g/mol. The lowest BCUT2D eigenvalue weighted by Crippen LogP contribution is -2.36. The molecule has 0 aromatic heterocycles. The number of hydrogen-bond donors (Lipinski definition) is 1. The first-order valence-electron chi connectivity index (χ1n) is 5.38. The summed E-state index contributed by atoms with van der Waals surface area (Å²) in [7, 11) is -3.86. The summed E-state index contributed by atoms with van der Waals surface area (Å²) in [6.45, 7) is 4.45.